The monoisotopic (exact) mass is 387 g/mol. The van der Waals surface area contributed by atoms with Gasteiger partial charge in [0.15, 0.2) is 6.54 Å². The van der Waals surface area contributed by atoms with Crippen LogP contribution in [0.1, 0.15) is 28.7 Å². The van der Waals surface area contributed by atoms with Crippen LogP contribution in [0.25, 0.3) is 0 Å². The number of aliphatic carboxylic acids is 1. The fourth-order valence-electron chi connectivity index (χ4n) is 3.32. The van der Waals surface area contributed by atoms with Crippen LogP contribution in [0, 0.1) is 25.0 Å². The number of imide groups is 2. The lowest BCUT2D eigenvalue weighted by molar-refractivity contribution is -0.621. The number of carboxylic acids is 1. The van der Waals surface area contributed by atoms with Crippen molar-refractivity contribution in [2.24, 2.45) is 5.92 Å². The average Bonchev–Trinajstić information content (AvgIpc) is 2.82. The van der Waals surface area contributed by atoms with E-state index in [1.54, 1.807) is 6.92 Å². The van der Waals surface area contributed by atoms with E-state index in [2.05, 4.69) is 4.98 Å². The number of aromatic nitrogens is 3. The van der Waals surface area contributed by atoms with E-state index >= 15 is 0 Å². The highest BCUT2D eigenvalue weighted by Crippen LogP contribution is 2.33. The molecule has 3 rings (SSSR count). The minimum absolute atomic E-state index is 0.0896. The number of hydrogen-bond donors (Lipinski definition) is 3. The number of hydrogen-bond acceptors (Lipinski definition) is 6. The Kier molecular flexibility index (Phi) is 4.82. The van der Waals surface area contributed by atoms with Crippen molar-refractivity contribution in [1.29, 1.82) is 0 Å². The predicted molar refractivity (Wildman–Crippen MR) is 91.8 cm³/mol. The van der Waals surface area contributed by atoms with E-state index in [9.17, 15) is 29.5 Å². The van der Waals surface area contributed by atoms with Gasteiger partial charge in [0.25, 0.3) is 5.82 Å². The minimum Gasteiger partial charge on any atom is -0.711 e. The Morgan fingerprint density at radius 3 is 2.36 bits per heavy atom. The number of carbonyl (C=O) groups is 4. The average molecular weight is 387 g/mol. The SMILES string of the molecule is Cc1c(C)[n+]([O-])c([C@H](c2ccncc2)C2C(=O)NC(=O)NC2=O)n1CC(=O)O. The van der Waals surface area contributed by atoms with Crippen molar-refractivity contribution >= 4 is 23.8 Å². The normalized spacial score (nSPS) is 15.9. The molecule has 2 aromatic heterocycles. The maximum atomic E-state index is 12.9. The van der Waals surface area contributed by atoms with E-state index in [0.29, 0.717) is 16.0 Å². The van der Waals surface area contributed by atoms with Crippen molar-refractivity contribution in [1.82, 2.24) is 20.2 Å². The van der Waals surface area contributed by atoms with Crippen molar-refractivity contribution in [3.63, 3.8) is 0 Å². The largest absolute Gasteiger partial charge is 0.711 e. The Bertz CT molecular complexity index is 964. The van der Waals surface area contributed by atoms with Crippen molar-refractivity contribution in [2.45, 2.75) is 26.3 Å². The number of carbonyl (C=O) groups excluding carboxylic acids is 3. The van der Waals surface area contributed by atoms with Gasteiger partial charge in [0.1, 0.15) is 23.2 Å². The first-order valence-corrected chi connectivity index (χ1v) is 8.29. The number of nitrogens with one attached hydrogen (secondary N) is 2. The summed E-state index contributed by atoms with van der Waals surface area (Å²) in [5, 5.41) is 26.2. The second kappa shape index (κ2) is 7.10. The van der Waals surface area contributed by atoms with Crippen molar-refractivity contribution in [3.8, 4) is 0 Å². The van der Waals surface area contributed by atoms with E-state index < -0.39 is 42.2 Å². The standard InChI is InChI=1S/C17H17N5O6/c1-8-9(2)22(28)16(21(8)7-11(23)24)12(10-3-5-18-6-4-10)13-14(25)19-17(27)20-15(13)26/h3-6,12-13H,7H2,1-2H3,(H,23,24)(H2,19,20,25,26,27)/t12-/m1/s1. The number of carboxylic acid groups (broad SMARTS) is 1. The molecule has 11 heteroatoms. The molecule has 28 heavy (non-hydrogen) atoms. The van der Waals surface area contributed by atoms with E-state index in [0.717, 1.165) is 0 Å². The Hall–Kier alpha value is -3.76. The molecular formula is C17H17N5O6. The topological polar surface area (TPSA) is 157 Å². The van der Waals surface area contributed by atoms with Crippen LogP contribution in [0.4, 0.5) is 4.79 Å². The molecule has 1 aliphatic rings. The molecule has 0 radical (unpaired) electrons. The van der Waals surface area contributed by atoms with Gasteiger partial charge in [0.2, 0.25) is 11.8 Å². The first-order chi connectivity index (χ1) is 13.2. The summed E-state index contributed by atoms with van der Waals surface area (Å²) >= 11 is 0. The fourth-order valence-corrected chi connectivity index (χ4v) is 3.32. The zero-order valence-corrected chi connectivity index (χ0v) is 15.0. The van der Waals surface area contributed by atoms with Gasteiger partial charge in [-0.05, 0) is 17.7 Å². The van der Waals surface area contributed by atoms with Crippen LogP contribution in [-0.2, 0) is 20.9 Å². The highest BCUT2D eigenvalue weighted by Gasteiger charge is 2.47. The van der Waals surface area contributed by atoms with E-state index in [1.807, 2.05) is 10.6 Å². The molecule has 11 nitrogen and oxygen atoms in total. The maximum Gasteiger partial charge on any atom is 0.346 e. The molecule has 1 saturated heterocycles. The Morgan fingerprint density at radius 2 is 1.82 bits per heavy atom. The van der Waals surface area contributed by atoms with Gasteiger partial charge in [0, 0.05) is 26.2 Å². The summed E-state index contributed by atoms with van der Waals surface area (Å²) in [6.07, 6.45) is 2.84. The highest BCUT2D eigenvalue weighted by atomic mass is 16.5. The van der Waals surface area contributed by atoms with E-state index in [1.165, 1.54) is 36.0 Å². The third kappa shape index (κ3) is 3.17. The lowest BCUT2D eigenvalue weighted by atomic mass is 9.83. The summed E-state index contributed by atoms with van der Waals surface area (Å²) in [6, 6.07) is 2.08. The van der Waals surface area contributed by atoms with Gasteiger partial charge < -0.3 is 10.3 Å². The second-order valence-electron chi connectivity index (χ2n) is 6.35. The van der Waals surface area contributed by atoms with Crippen molar-refractivity contribution in [3.05, 3.63) is 52.5 Å². The van der Waals surface area contributed by atoms with Crippen molar-refractivity contribution < 1.29 is 29.0 Å². The number of imidazole rings is 1. The van der Waals surface area contributed by atoms with E-state index in [-0.39, 0.29) is 11.5 Å². The van der Waals surface area contributed by atoms with E-state index in [4.69, 9.17) is 0 Å². The molecule has 3 heterocycles. The summed E-state index contributed by atoms with van der Waals surface area (Å²) < 4.78 is 1.77. The molecule has 4 amide bonds. The fraction of sp³-hybridized carbons (Fsp3) is 0.294. The van der Waals surface area contributed by atoms with Gasteiger partial charge in [-0.25, -0.2) is 18.9 Å². The van der Waals surface area contributed by atoms with Gasteiger partial charge in [-0.3, -0.25) is 25.2 Å². The molecule has 1 fully saturated rings. The van der Waals surface area contributed by atoms with Gasteiger partial charge >= 0.3 is 12.0 Å². The molecular weight excluding hydrogens is 370 g/mol. The summed E-state index contributed by atoms with van der Waals surface area (Å²) in [5.41, 5.74) is 1.02. The van der Waals surface area contributed by atoms with Crippen LogP contribution in [-0.4, -0.2) is 38.5 Å². The van der Waals surface area contributed by atoms with Gasteiger partial charge in [-0.15, -0.1) is 0 Å². The summed E-state index contributed by atoms with van der Waals surface area (Å²) in [4.78, 5) is 51.7. The molecule has 0 bridgehead atoms. The van der Waals surface area contributed by atoms with Gasteiger partial charge in [-0.2, -0.15) is 0 Å². The first-order valence-electron chi connectivity index (χ1n) is 8.29. The van der Waals surface area contributed by atoms with Gasteiger partial charge in [0.05, 0.1) is 0 Å². The zero-order valence-electron chi connectivity index (χ0n) is 15.0. The second-order valence-corrected chi connectivity index (χ2v) is 6.35. The molecule has 0 saturated carbocycles. The molecule has 0 aliphatic carbocycles. The van der Waals surface area contributed by atoms with Gasteiger partial charge in [-0.1, -0.05) is 0 Å². The molecule has 0 unspecified atom stereocenters. The van der Waals surface area contributed by atoms with Crippen molar-refractivity contribution in [2.75, 3.05) is 0 Å². The molecule has 2 aromatic rings. The lowest BCUT2D eigenvalue weighted by Crippen LogP contribution is -2.58. The molecule has 3 N–H and O–H groups in total. The Labute approximate surface area is 158 Å². The Balaban J connectivity index is 2.26. The van der Waals surface area contributed by atoms with Crippen LogP contribution in [0.2, 0.25) is 0 Å². The van der Waals surface area contributed by atoms with Crippen LogP contribution < -0.4 is 15.4 Å². The summed E-state index contributed by atoms with van der Waals surface area (Å²) in [5.74, 6) is -5.64. The Morgan fingerprint density at radius 1 is 1.25 bits per heavy atom. The zero-order chi connectivity index (χ0) is 20.6. The number of urea groups is 1. The third-order valence-electron chi connectivity index (χ3n) is 4.73. The third-order valence-corrected chi connectivity index (χ3v) is 4.73. The molecule has 0 aromatic carbocycles. The first kappa shape index (κ1) is 19.0. The number of pyridine rings is 1. The molecule has 146 valence electrons. The highest BCUT2D eigenvalue weighted by molar-refractivity contribution is 6.16. The maximum absolute atomic E-state index is 12.9. The number of rotatable bonds is 5. The molecule has 1 atom stereocenters. The number of amides is 4. The summed E-state index contributed by atoms with van der Waals surface area (Å²) in [6.45, 7) is 2.55. The quantitative estimate of drug-likeness (QED) is 0.349. The smallest absolute Gasteiger partial charge is 0.346 e. The molecule has 0 spiro atoms. The summed E-state index contributed by atoms with van der Waals surface area (Å²) in [7, 11) is 0. The van der Waals surface area contributed by atoms with Crippen LogP contribution >= 0.6 is 0 Å². The number of nitrogens with zero attached hydrogens (tertiary/aromatic N) is 3. The van der Waals surface area contributed by atoms with Crippen LogP contribution in [0.3, 0.4) is 0 Å². The lowest BCUT2D eigenvalue weighted by Gasteiger charge is -2.27. The predicted octanol–water partition coefficient (Wildman–Crippen LogP) is -0.668. The van der Waals surface area contributed by atoms with Crippen LogP contribution in [0.5, 0.6) is 0 Å². The molecule has 1 aliphatic heterocycles. The minimum atomic E-state index is -1.46. The van der Waals surface area contributed by atoms with Crippen LogP contribution in [0.15, 0.2) is 24.5 Å². The number of barbiturate groups is 1.